The summed E-state index contributed by atoms with van der Waals surface area (Å²) in [6.07, 6.45) is 3.30. The van der Waals surface area contributed by atoms with Gasteiger partial charge in [-0.05, 0) is 32.0 Å². The van der Waals surface area contributed by atoms with Crippen molar-refractivity contribution in [3.8, 4) is 0 Å². The zero-order valence-electron chi connectivity index (χ0n) is 13.4. The van der Waals surface area contributed by atoms with Gasteiger partial charge in [-0.2, -0.15) is 5.10 Å². The number of benzene rings is 1. The Morgan fingerprint density at radius 2 is 2.22 bits per heavy atom. The van der Waals surface area contributed by atoms with Gasteiger partial charge >= 0.3 is 0 Å². The molecule has 0 radical (unpaired) electrons. The molecule has 124 valence electrons. The van der Waals surface area contributed by atoms with Gasteiger partial charge in [0.1, 0.15) is 5.60 Å². The van der Waals surface area contributed by atoms with Gasteiger partial charge in [0.05, 0.1) is 18.3 Å². The number of nitrogens with one attached hydrogen (secondary N) is 2. The van der Waals surface area contributed by atoms with E-state index < -0.39 is 5.60 Å². The number of aromatic nitrogens is 2. The fraction of sp³-hybridized carbons (Fsp3) is 0.375. The van der Waals surface area contributed by atoms with Crippen LogP contribution in [-0.4, -0.2) is 33.9 Å². The lowest BCUT2D eigenvalue weighted by Crippen LogP contribution is -2.38. The second-order valence-electron chi connectivity index (χ2n) is 5.58. The number of aliphatic hydroxyl groups is 1. The van der Waals surface area contributed by atoms with Gasteiger partial charge in [0.15, 0.2) is 0 Å². The van der Waals surface area contributed by atoms with Crippen molar-refractivity contribution in [2.24, 2.45) is 7.05 Å². The van der Waals surface area contributed by atoms with Crippen molar-refractivity contribution in [3.63, 3.8) is 0 Å². The highest BCUT2D eigenvalue weighted by molar-refractivity contribution is 6.31. The third-order valence-corrected chi connectivity index (χ3v) is 3.75. The Balaban J connectivity index is 2.12. The SMILES string of the molecule is CCNc1ccc(Cl)cc1C(=O)NC[C@@](C)(O)c1cnn(C)c1. The molecule has 6 nitrogen and oxygen atoms in total. The van der Waals surface area contributed by atoms with Crippen LogP contribution in [0.25, 0.3) is 0 Å². The van der Waals surface area contributed by atoms with Crippen LogP contribution in [0.1, 0.15) is 29.8 Å². The molecule has 0 fully saturated rings. The van der Waals surface area contributed by atoms with Crippen LogP contribution in [0.5, 0.6) is 0 Å². The lowest BCUT2D eigenvalue weighted by atomic mass is 9.99. The molecule has 1 amide bonds. The highest BCUT2D eigenvalue weighted by atomic mass is 35.5. The molecule has 1 aromatic heterocycles. The monoisotopic (exact) mass is 336 g/mol. The maximum atomic E-state index is 12.4. The first kappa shape index (κ1) is 17.3. The first-order valence-corrected chi connectivity index (χ1v) is 7.74. The van der Waals surface area contributed by atoms with E-state index in [9.17, 15) is 9.90 Å². The molecule has 1 atom stereocenters. The predicted molar refractivity (Wildman–Crippen MR) is 90.7 cm³/mol. The molecule has 0 bridgehead atoms. The molecule has 0 aliphatic heterocycles. The van der Waals surface area contributed by atoms with Crippen molar-refractivity contribution >= 4 is 23.2 Å². The highest BCUT2D eigenvalue weighted by Crippen LogP contribution is 2.22. The van der Waals surface area contributed by atoms with Gasteiger partial charge in [0, 0.05) is 36.1 Å². The quantitative estimate of drug-likeness (QED) is 0.755. The number of halogens is 1. The Bertz CT molecular complexity index is 697. The molecule has 0 saturated heterocycles. The molecule has 0 aliphatic carbocycles. The summed E-state index contributed by atoms with van der Waals surface area (Å²) in [5, 5.41) is 20.9. The van der Waals surface area contributed by atoms with Gasteiger partial charge in [-0.25, -0.2) is 0 Å². The minimum atomic E-state index is -1.21. The van der Waals surface area contributed by atoms with Crippen molar-refractivity contribution < 1.29 is 9.90 Å². The zero-order valence-corrected chi connectivity index (χ0v) is 14.2. The first-order valence-electron chi connectivity index (χ1n) is 7.36. The van der Waals surface area contributed by atoms with Crippen LogP contribution in [-0.2, 0) is 12.6 Å². The van der Waals surface area contributed by atoms with Gasteiger partial charge in [-0.1, -0.05) is 11.6 Å². The van der Waals surface area contributed by atoms with E-state index in [0.717, 1.165) is 0 Å². The molecule has 2 rings (SSSR count). The summed E-state index contributed by atoms with van der Waals surface area (Å²) in [6, 6.07) is 5.09. The van der Waals surface area contributed by atoms with Crippen molar-refractivity contribution in [2.75, 3.05) is 18.4 Å². The molecular weight excluding hydrogens is 316 g/mol. The van der Waals surface area contributed by atoms with Gasteiger partial charge in [0.25, 0.3) is 5.91 Å². The average molecular weight is 337 g/mol. The number of carbonyl (C=O) groups is 1. The van der Waals surface area contributed by atoms with E-state index in [1.54, 1.807) is 49.2 Å². The molecule has 23 heavy (non-hydrogen) atoms. The molecule has 1 heterocycles. The van der Waals surface area contributed by atoms with E-state index in [-0.39, 0.29) is 12.5 Å². The number of aryl methyl sites for hydroxylation is 1. The largest absolute Gasteiger partial charge is 0.385 e. The minimum Gasteiger partial charge on any atom is -0.385 e. The topological polar surface area (TPSA) is 79.2 Å². The fourth-order valence-corrected chi connectivity index (χ4v) is 2.37. The average Bonchev–Trinajstić information content (AvgIpc) is 2.94. The summed E-state index contributed by atoms with van der Waals surface area (Å²) < 4.78 is 1.60. The predicted octanol–water partition coefficient (Wildman–Crippen LogP) is 2.14. The Labute approximate surface area is 140 Å². The highest BCUT2D eigenvalue weighted by Gasteiger charge is 2.26. The van der Waals surface area contributed by atoms with Crippen molar-refractivity contribution in [2.45, 2.75) is 19.4 Å². The summed E-state index contributed by atoms with van der Waals surface area (Å²) in [5.74, 6) is -0.299. The zero-order chi connectivity index (χ0) is 17.0. The van der Waals surface area contributed by atoms with E-state index in [1.165, 1.54) is 0 Å². The van der Waals surface area contributed by atoms with Crippen molar-refractivity contribution in [1.82, 2.24) is 15.1 Å². The van der Waals surface area contributed by atoms with Crippen LogP contribution >= 0.6 is 11.6 Å². The van der Waals surface area contributed by atoms with E-state index in [1.807, 2.05) is 6.92 Å². The van der Waals surface area contributed by atoms with Crippen molar-refractivity contribution in [3.05, 3.63) is 46.7 Å². The van der Waals surface area contributed by atoms with Crippen LogP contribution < -0.4 is 10.6 Å². The summed E-state index contributed by atoms with van der Waals surface area (Å²) in [4.78, 5) is 12.4. The van der Waals surface area contributed by atoms with Crippen LogP contribution in [0.4, 0.5) is 5.69 Å². The standard InChI is InChI=1S/C16H21ClN4O2/c1-4-18-14-6-5-12(17)7-13(14)15(22)19-10-16(2,23)11-8-20-21(3)9-11/h5-9,18,23H,4,10H2,1-3H3,(H,19,22)/t16-/m1/s1. The van der Waals surface area contributed by atoms with Gasteiger partial charge in [-0.3, -0.25) is 9.48 Å². The molecule has 0 aliphatic rings. The number of hydrogen-bond donors (Lipinski definition) is 3. The Morgan fingerprint density at radius 1 is 1.48 bits per heavy atom. The summed E-state index contributed by atoms with van der Waals surface area (Å²) in [5.41, 5.74) is 0.580. The van der Waals surface area contributed by atoms with Gasteiger partial charge in [-0.15, -0.1) is 0 Å². The van der Waals surface area contributed by atoms with E-state index in [4.69, 9.17) is 11.6 Å². The van der Waals surface area contributed by atoms with E-state index >= 15 is 0 Å². The molecular formula is C16H21ClN4O2. The number of amides is 1. The number of hydrogen-bond acceptors (Lipinski definition) is 4. The number of anilines is 1. The van der Waals surface area contributed by atoms with Gasteiger partial charge < -0.3 is 15.7 Å². The van der Waals surface area contributed by atoms with Crippen LogP contribution in [0.2, 0.25) is 5.02 Å². The van der Waals surface area contributed by atoms with E-state index in [0.29, 0.717) is 28.4 Å². The summed E-state index contributed by atoms with van der Waals surface area (Å²) in [6.45, 7) is 4.34. The maximum absolute atomic E-state index is 12.4. The Hall–Kier alpha value is -2.05. The van der Waals surface area contributed by atoms with Crippen LogP contribution in [0.3, 0.4) is 0 Å². The second-order valence-corrected chi connectivity index (χ2v) is 6.02. The third kappa shape index (κ3) is 4.24. The maximum Gasteiger partial charge on any atom is 0.253 e. The van der Waals surface area contributed by atoms with Gasteiger partial charge in [0.2, 0.25) is 0 Å². The normalized spacial score (nSPS) is 13.4. The molecule has 0 spiro atoms. The Morgan fingerprint density at radius 3 is 2.83 bits per heavy atom. The number of rotatable bonds is 6. The van der Waals surface area contributed by atoms with Crippen molar-refractivity contribution in [1.29, 1.82) is 0 Å². The smallest absolute Gasteiger partial charge is 0.253 e. The van der Waals surface area contributed by atoms with Crippen LogP contribution in [0, 0.1) is 0 Å². The lowest BCUT2D eigenvalue weighted by molar-refractivity contribution is 0.0526. The fourth-order valence-electron chi connectivity index (χ4n) is 2.20. The molecule has 2 aromatic rings. The third-order valence-electron chi connectivity index (χ3n) is 3.51. The van der Waals surface area contributed by atoms with Crippen LogP contribution in [0.15, 0.2) is 30.6 Å². The van der Waals surface area contributed by atoms with E-state index in [2.05, 4.69) is 15.7 Å². The lowest BCUT2D eigenvalue weighted by Gasteiger charge is -2.22. The first-order chi connectivity index (χ1) is 10.8. The summed E-state index contributed by atoms with van der Waals surface area (Å²) >= 11 is 5.98. The second kappa shape index (κ2) is 7.02. The summed E-state index contributed by atoms with van der Waals surface area (Å²) in [7, 11) is 1.77. The molecule has 0 saturated carbocycles. The molecule has 1 aromatic carbocycles. The minimum absolute atomic E-state index is 0.0651. The molecule has 7 heteroatoms. The molecule has 0 unspecified atom stereocenters. The Kier molecular flexibility index (Phi) is 5.28. The number of nitrogens with zero attached hydrogens (tertiary/aromatic N) is 2. The molecule has 3 N–H and O–H groups in total. The number of carbonyl (C=O) groups excluding carboxylic acids is 1.